The Morgan fingerprint density at radius 2 is 2.12 bits per heavy atom. The van der Waals surface area contributed by atoms with Crippen molar-refractivity contribution in [3.63, 3.8) is 0 Å². The molecule has 6 nitrogen and oxygen atoms in total. The smallest absolute Gasteiger partial charge is 0.137 e. The number of hydrogen-bond acceptors (Lipinski definition) is 5. The molecule has 3 atom stereocenters. The van der Waals surface area contributed by atoms with Crippen molar-refractivity contribution < 1.29 is 5.11 Å². The molecule has 3 heterocycles. The zero-order valence-corrected chi connectivity index (χ0v) is 13.6. The summed E-state index contributed by atoms with van der Waals surface area (Å²) in [6.45, 7) is 2.05. The van der Waals surface area contributed by atoms with Crippen LogP contribution in [0, 0.1) is 12.8 Å². The van der Waals surface area contributed by atoms with Crippen LogP contribution in [-0.4, -0.2) is 27.6 Å². The highest BCUT2D eigenvalue weighted by Crippen LogP contribution is 2.47. The number of aromatic amines is 1. The van der Waals surface area contributed by atoms with Gasteiger partial charge < -0.3 is 15.8 Å². The van der Waals surface area contributed by atoms with Crippen LogP contribution < -0.4 is 10.7 Å². The number of nitrogens with zero attached hydrogens (tertiary/aromatic N) is 2. The Labute approximate surface area is 140 Å². The summed E-state index contributed by atoms with van der Waals surface area (Å²) >= 11 is 0. The molecule has 5 rings (SSSR count). The largest absolute Gasteiger partial charge is 0.506 e. The Morgan fingerprint density at radius 3 is 2.96 bits per heavy atom. The van der Waals surface area contributed by atoms with E-state index in [1.807, 2.05) is 18.5 Å². The molecule has 2 aliphatic heterocycles. The van der Waals surface area contributed by atoms with Crippen molar-refractivity contribution in [2.45, 2.75) is 44.7 Å². The molecule has 0 fully saturated rings. The Hall–Kier alpha value is -2.50. The van der Waals surface area contributed by atoms with Crippen LogP contribution in [0.5, 0.6) is 0 Å². The fraction of sp³-hybridized carbons (Fsp3) is 0.444. The number of rotatable bonds is 1. The van der Waals surface area contributed by atoms with E-state index in [-0.39, 0.29) is 18.0 Å². The quantitative estimate of drug-likeness (QED) is 0.640. The minimum absolute atomic E-state index is 0.0634. The van der Waals surface area contributed by atoms with E-state index in [1.54, 1.807) is 0 Å². The fourth-order valence-corrected chi connectivity index (χ4v) is 4.54. The molecule has 1 aromatic rings. The lowest BCUT2D eigenvalue weighted by molar-refractivity contribution is 0.381. The lowest BCUT2D eigenvalue weighted by Crippen LogP contribution is -2.40. The second-order valence-electron chi connectivity index (χ2n) is 7.04. The van der Waals surface area contributed by atoms with Crippen molar-refractivity contribution in [1.82, 2.24) is 20.9 Å². The Morgan fingerprint density at radius 1 is 1.25 bits per heavy atom. The van der Waals surface area contributed by atoms with Gasteiger partial charge in [0.15, 0.2) is 0 Å². The highest BCUT2D eigenvalue weighted by Gasteiger charge is 2.41. The molecule has 0 amide bonds. The zero-order valence-electron chi connectivity index (χ0n) is 13.6. The summed E-state index contributed by atoms with van der Waals surface area (Å²) in [5, 5.41) is 25.7. The van der Waals surface area contributed by atoms with Gasteiger partial charge in [0, 0.05) is 23.4 Å². The summed E-state index contributed by atoms with van der Waals surface area (Å²) in [5.41, 5.74) is 10.3. The highest BCUT2D eigenvalue weighted by molar-refractivity contribution is 5.75. The maximum atomic E-state index is 10.6. The number of aliphatic hydroxyl groups is 1. The third-order valence-corrected chi connectivity index (χ3v) is 5.69. The van der Waals surface area contributed by atoms with Gasteiger partial charge in [-0.2, -0.15) is 10.2 Å². The lowest BCUT2D eigenvalue weighted by atomic mass is 9.72. The number of aryl methyl sites for hydroxylation is 1. The van der Waals surface area contributed by atoms with Gasteiger partial charge in [0.1, 0.15) is 5.76 Å². The van der Waals surface area contributed by atoms with Crippen LogP contribution in [-0.2, 0) is 0 Å². The van der Waals surface area contributed by atoms with E-state index in [9.17, 15) is 5.11 Å². The van der Waals surface area contributed by atoms with Crippen LogP contribution in [0.25, 0.3) is 0 Å². The van der Waals surface area contributed by atoms with Gasteiger partial charge in [0.05, 0.1) is 24.0 Å². The van der Waals surface area contributed by atoms with Crippen molar-refractivity contribution in [1.29, 1.82) is 0 Å². The predicted molar refractivity (Wildman–Crippen MR) is 91.3 cm³/mol. The first-order valence-corrected chi connectivity index (χ1v) is 8.67. The van der Waals surface area contributed by atoms with E-state index in [2.05, 4.69) is 33.0 Å². The van der Waals surface area contributed by atoms with Crippen LogP contribution >= 0.6 is 0 Å². The summed E-state index contributed by atoms with van der Waals surface area (Å²) in [4.78, 5) is 0. The van der Waals surface area contributed by atoms with E-state index in [0.717, 1.165) is 24.2 Å². The van der Waals surface area contributed by atoms with Gasteiger partial charge in [0.25, 0.3) is 0 Å². The predicted octanol–water partition coefficient (Wildman–Crippen LogP) is 2.52. The van der Waals surface area contributed by atoms with Crippen LogP contribution in [0.1, 0.15) is 43.0 Å². The van der Waals surface area contributed by atoms with Crippen molar-refractivity contribution in [2.24, 2.45) is 11.0 Å². The number of hydrazone groups is 1. The molecule has 3 unspecified atom stereocenters. The molecule has 6 heteroatoms. The van der Waals surface area contributed by atoms with Crippen molar-refractivity contribution in [2.75, 3.05) is 0 Å². The molecular formula is C18H21N5O. The van der Waals surface area contributed by atoms with E-state index in [0.29, 0.717) is 5.76 Å². The molecule has 124 valence electrons. The highest BCUT2D eigenvalue weighted by atomic mass is 16.3. The van der Waals surface area contributed by atoms with E-state index < -0.39 is 0 Å². The normalized spacial score (nSPS) is 31.0. The summed E-state index contributed by atoms with van der Waals surface area (Å²) in [6, 6.07) is 0.157. The van der Waals surface area contributed by atoms with Crippen LogP contribution in [0.2, 0.25) is 0 Å². The van der Waals surface area contributed by atoms with Crippen LogP contribution in [0.4, 0.5) is 0 Å². The van der Waals surface area contributed by atoms with Crippen molar-refractivity contribution >= 4 is 6.21 Å². The molecule has 0 saturated heterocycles. The fourth-order valence-electron chi connectivity index (χ4n) is 4.54. The minimum Gasteiger partial charge on any atom is -0.506 e. The first-order valence-electron chi connectivity index (χ1n) is 8.67. The number of hydrogen-bond donors (Lipinski definition) is 4. The van der Waals surface area contributed by atoms with E-state index in [4.69, 9.17) is 0 Å². The summed E-state index contributed by atoms with van der Waals surface area (Å²) in [6.07, 6.45) is 10.4. The minimum atomic E-state index is 0.0634. The number of dihydropyridines is 1. The molecule has 2 aliphatic carbocycles. The average molecular weight is 323 g/mol. The Balaban J connectivity index is 1.68. The number of fused-ring (bicyclic) bond motifs is 3. The van der Waals surface area contributed by atoms with Crippen molar-refractivity contribution in [3.05, 3.63) is 51.7 Å². The maximum absolute atomic E-state index is 10.6. The number of nitrogens with one attached hydrogen (secondary N) is 3. The third-order valence-electron chi connectivity index (χ3n) is 5.69. The molecule has 4 aliphatic rings. The second-order valence-corrected chi connectivity index (χ2v) is 7.04. The van der Waals surface area contributed by atoms with Gasteiger partial charge >= 0.3 is 0 Å². The van der Waals surface area contributed by atoms with Crippen LogP contribution in [0.3, 0.4) is 0 Å². The number of H-pyrrole nitrogens is 1. The molecule has 24 heavy (non-hydrogen) atoms. The molecule has 0 aromatic carbocycles. The zero-order chi connectivity index (χ0) is 16.3. The average Bonchev–Trinajstić information content (AvgIpc) is 3.22. The van der Waals surface area contributed by atoms with Gasteiger partial charge in [-0.3, -0.25) is 5.10 Å². The molecule has 0 radical (unpaired) electrons. The van der Waals surface area contributed by atoms with Gasteiger partial charge in [0.2, 0.25) is 0 Å². The van der Waals surface area contributed by atoms with Crippen molar-refractivity contribution in [3.8, 4) is 0 Å². The first-order chi connectivity index (χ1) is 11.7. The molecule has 0 spiro atoms. The molecule has 0 saturated carbocycles. The molecular weight excluding hydrogens is 302 g/mol. The number of allylic oxidation sites excluding steroid dienone is 1. The Bertz CT molecular complexity index is 828. The number of aromatic nitrogens is 2. The SMILES string of the molecule is Cc1[nH]ncc1C1NC2=C(C3=C1CCCC3)C1C=NNC1C=C2O. The number of aliphatic hydroxyl groups excluding tert-OH is 1. The molecule has 4 N–H and O–H groups in total. The molecule has 0 bridgehead atoms. The second kappa shape index (κ2) is 5.00. The summed E-state index contributed by atoms with van der Waals surface area (Å²) < 4.78 is 0. The van der Waals surface area contributed by atoms with E-state index in [1.165, 1.54) is 35.1 Å². The third kappa shape index (κ3) is 1.82. The monoisotopic (exact) mass is 323 g/mol. The van der Waals surface area contributed by atoms with Crippen LogP contribution in [0.15, 0.2) is 45.5 Å². The molecule has 1 aromatic heterocycles. The first kappa shape index (κ1) is 13.9. The summed E-state index contributed by atoms with van der Waals surface area (Å²) in [5.74, 6) is 0.533. The van der Waals surface area contributed by atoms with Gasteiger partial charge in [-0.1, -0.05) is 0 Å². The standard InChI is InChI=1S/C18H21N5O/c1-9-12(7-19-22-9)17-11-5-3-2-4-10(11)16-13-8-20-23-14(13)6-15(24)18(16)21-17/h6-8,13-14,17,21,23-24H,2-5H2,1H3,(H,19,22). The van der Waals surface area contributed by atoms with Gasteiger partial charge in [-0.05, 0) is 55.4 Å². The van der Waals surface area contributed by atoms with E-state index >= 15 is 0 Å². The van der Waals surface area contributed by atoms with Gasteiger partial charge in [-0.25, -0.2) is 0 Å². The topological polar surface area (TPSA) is 85.3 Å². The lowest BCUT2D eigenvalue weighted by Gasteiger charge is -2.40. The Kier molecular flexibility index (Phi) is 2.89. The summed E-state index contributed by atoms with van der Waals surface area (Å²) in [7, 11) is 0. The maximum Gasteiger partial charge on any atom is 0.137 e. The van der Waals surface area contributed by atoms with Gasteiger partial charge in [-0.15, -0.1) is 0 Å².